The molecule has 0 atom stereocenters. The Kier molecular flexibility index (Phi) is 3.62. The highest BCUT2D eigenvalue weighted by Gasteiger charge is 2.15. The SMILES string of the molecule is O=C(I)CC1CCOCC1. The van der Waals surface area contributed by atoms with Crippen molar-refractivity contribution in [1.82, 2.24) is 0 Å². The minimum absolute atomic E-state index is 0.282. The molecule has 0 spiro atoms. The first kappa shape index (κ1) is 8.46. The van der Waals surface area contributed by atoms with Crippen LogP contribution in [0.1, 0.15) is 19.3 Å². The van der Waals surface area contributed by atoms with Gasteiger partial charge in [0.05, 0.1) is 0 Å². The van der Waals surface area contributed by atoms with Crippen molar-refractivity contribution in [2.75, 3.05) is 13.2 Å². The largest absolute Gasteiger partial charge is 0.381 e. The topological polar surface area (TPSA) is 26.3 Å². The molecule has 0 aromatic rings. The Hall–Kier alpha value is 0.360. The second kappa shape index (κ2) is 4.28. The van der Waals surface area contributed by atoms with Gasteiger partial charge in [0.1, 0.15) is 0 Å². The van der Waals surface area contributed by atoms with E-state index in [0.717, 1.165) is 32.5 Å². The molecule has 0 N–H and O–H groups in total. The maximum Gasteiger partial charge on any atom is 0.192 e. The van der Waals surface area contributed by atoms with Crippen molar-refractivity contribution in [2.45, 2.75) is 19.3 Å². The van der Waals surface area contributed by atoms with E-state index < -0.39 is 0 Å². The zero-order valence-corrected chi connectivity index (χ0v) is 7.96. The Balaban J connectivity index is 2.19. The van der Waals surface area contributed by atoms with E-state index in [1.807, 2.05) is 22.6 Å². The third kappa shape index (κ3) is 2.96. The first-order valence-corrected chi connectivity index (χ1v) is 4.63. The highest BCUT2D eigenvalue weighted by atomic mass is 127. The zero-order valence-electron chi connectivity index (χ0n) is 5.81. The molecule has 0 aromatic carbocycles. The minimum atomic E-state index is 0.282. The molecule has 1 fully saturated rings. The molecule has 0 bridgehead atoms. The van der Waals surface area contributed by atoms with Crippen LogP contribution in [0, 0.1) is 5.92 Å². The second-order valence-electron chi connectivity index (χ2n) is 2.61. The molecule has 2 nitrogen and oxygen atoms in total. The second-order valence-corrected chi connectivity index (χ2v) is 3.82. The molecule has 0 aromatic heterocycles. The summed E-state index contributed by atoms with van der Waals surface area (Å²) in [7, 11) is 0. The average Bonchev–Trinajstić information content (AvgIpc) is 1.88. The Morgan fingerprint density at radius 3 is 2.60 bits per heavy atom. The molecule has 0 saturated carbocycles. The summed E-state index contributed by atoms with van der Waals surface area (Å²) in [5, 5.41) is 0. The third-order valence-electron chi connectivity index (χ3n) is 1.79. The summed E-state index contributed by atoms with van der Waals surface area (Å²) in [4.78, 5) is 10.7. The van der Waals surface area contributed by atoms with E-state index in [2.05, 4.69) is 0 Å². The molecule has 10 heavy (non-hydrogen) atoms. The number of hydrogen-bond donors (Lipinski definition) is 0. The van der Waals surface area contributed by atoms with E-state index in [4.69, 9.17) is 4.74 Å². The minimum Gasteiger partial charge on any atom is -0.381 e. The number of carbonyl (C=O) groups is 1. The van der Waals surface area contributed by atoms with E-state index in [-0.39, 0.29) is 3.79 Å². The summed E-state index contributed by atoms with van der Waals surface area (Å²) >= 11 is 1.87. The van der Waals surface area contributed by atoms with E-state index >= 15 is 0 Å². The van der Waals surface area contributed by atoms with E-state index in [9.17, 15) is 4.79 Å². The van der Waals surface area contributed by atoms with Crippen LogP contribution in [0.5, 0.6) is 0 Å². The quantitative estimate of drug-likeness (QED) is 0.554. The van der Waals surface area contributed by atoms with E-state index in [1.165, 1.54) is 0 Å². The molecule has 1 aliphatic heterocycles. The molecule has 1 aliphatic rings. The monoisotopic (exact) mass is 254 g/mol. The van der Waals surface area contributed by atoms with E-state index in [1.54, 1.807) is 0 Å². The Morgan fingerprint density at radius 1 is 1.50 bits per heavy atom. The fourth-order valence-electron chi connectivity index (χ4n) is 1.18. The van der Waals surface area contributed by atoms with Crippen molar-refractivity contribution in [2.24, 2.45) is 5.92 Å². The van der Waals surface area contributed by atoms with Gasteiger partial charge in [0.2, 0.25) is 0 Å². The molecule has 1 saturated heterocycles. The summed E-state index contributed by atoms with van der Waals surface area (Å²) in [6.07, 6.45) is 2.87. The molecular formula is C7H11IO2. The fourth-order valence-corrected chi connectivity index (χ4v) is 1.80. The van der Waals surface area contributed by atoms with Crippen molar-refractivity contribution in [3.63, 3.8) is 0 Å². The van der Waals surface area contributed by atoms with Gasteiger partial charge in [-0.15, -0.1) is 0 Å². The molecule has 1 rings (SSSR count). The molecule has 0 unspecified atom stereocenters. The average molecular weight is 254 g/mol. The molecular weight excluding hydrogens is 243 g/mol. The van der Waals surface area contributed by atoms with Crippen molar-refractivity contribution in [3.8, 4) is 0 Å². The van der Waals surface area contributed by atoms with Crippen LogP contribution in [-0.4, -0.2) is 17.0 Å². The first-order chi connectivity index (χ1) is 4.79. The third-order valence-corrected chi connectivity index (χ3v) is 2.23. The molecule has 0 aliphatic carbocycles. The molecule has 3 heteroatoms. The smallest absolute Gasteiger partial charge is 0.192 e. The van der Waals surface area contributed by atoms with Crippen LogP contribution in [0.15, 0.2) is 0 Å². The van der Waals surface area contributed by atoms with Crippen LogP contribution in [0.25, 0.3) is 0 Å². The number of ether oxygens (including phenoxy) is 1. The lowest BCUT2D eigenvalue weighted by molar-refractivity contribution is -0.110. The van der Waals surface area contributed by atoms with Crippen molar-refractivity contribution < 1.29 is 9.53 Å². The number of halogens is 1. The Labute approximate surface area is 74.5 Å². The number of rotatable bonds is 2. The Bertz CT molecular complexity index is 119. The number of carbonyl (C=O) groups excluding carboxylic acids is 1. The van der Waals surface area contributed by atoms with Gasteiger partial charge in [0, 0.05) is 19.6 Å². The fraction of sp³-hybridized carbons (Fsp3) is 0.857. The van der Waals surface area contributed by atoms with E-state index in [0.29, 0.717) is 5.92 Å². The molecule has 1 heterocycles. The van der Waals surface area contributed by atoms with Crippen LogP contribution >= 0.6 is 22.6 Å². The maximum atomic E-state index is 10.7. The standard InChI is InChI=1S/C7H11IO2/c8-7(9)5-6-1-3-10-4-2-6/h6H,1-5H2. The van der Waals surface area contributed by atoms with Crippen LogP contribution in [0.3, 0.4) is 0 Å². The first-order valence-electron chi connectivity index (χ1n) is 3.55. The van der Waals surface area contributed by atoms with Gasteiger partial charge < -0.3 is 4.74 Å². The molecule has 58 valence electrons. The van der Waals surface area contributed by atoms with Gasteiger partial charge in [0.15, 0.2) is 3.79 Å². The normalized spacial score (nSPS) is 20.9. The number of hydrogen-bond acceptors (Lipinski definition) is 2. The highest BCUT2D eigenvalue weighted by molar-refractivity contribution is 14.1. The summed E-state index contributed by atoms with van der Waals surface area (Å²) in [6.45, 7) is 1.68. The maximum absolute atomic E-state index is 10.7. The predicted molar refractivity (Wildman–Crippen MR) is 47.2 cm³/mol. The summed E-state index contributed by atoms with van der Waals surface area (Å²) in [5.74, 6) is 0.596. The van der Waals surface area contributed by atoms with Crippen molar-refractivity contribution in [1.29, 1.82) is 0 Å². The molecule has 0 amide bonds. The van der Waals surface area contributed by atoms with Crippen LogP contribution in [0.4, 0.5) is 0 Å². The summed E-state index contributed by atoms with van der Waals surface area (Å²) < 4.78 is 5.45. The lowest BCUT2D eigenvalue weighted by atomic mass is 9.98. The van der Waals surface area contributed by atoms with Crippen LogP contribution in [-0.2, 0) is 9.53 Å². The van der Waals surface area contributed by atoms with Crippen molar-refractivity contribution >= 4 is 26.4 Å². The van der Waals surface area contributed by atoms with Crippen LogP contribution in [0.2, 0.25) is 0 Å². The van der Waals surface area contributed by atoms with Gasteiger partial charge in [-0.25, -0.2) is 0 Å². The lowest BCUT2D eigenvalue weighted by Crippen LogP contribution is -2.16. The Morgan fingerprint density at radius 2 is 2.10 bits per heavy atom. The highest BCUT2D eigenvalue weighted by Crippen LogP contribution is 2.19. The van der Waals surface area contributed by atoms with Gasteiger partial charge >= 0.3 is 0 Å². The van der Waals surface area contributed by atoms with Gasteiger partial charge in [-0.2, -0.15) is 0 Å². The van der Waals surface area contributed by atoms with Gasteiger partial charge in [-0.1, -0.05) is 0 Å². The lowest BCUT2D eigenvalue weighted by Gasteiger charge is -2.19. The summed E-state index contributed by atoms with van der Waals surface area (Å²) in [6, 6.07) is 0. The van der Waals surface area contributed by atoms with Gasteiger partial charge in [0.25, 0.3) is 0 Å². The summed E-state index contributed by atoms with van der Waals surface area (Å²) in [5.41, 5.74) is 0. The van der Waals surface area contributed by atoms with Gasteiger partial charge in [-0.3, -0.25) is 4.79 Å². The predicted octanol–water partition coefficient (Wildman–Crippen LogP) is 1.76. The van der Waals surface area contributed by atoms with Gasteiger partial charge in [-0.05, 0) is 41.4 Å². The zero-order chi connectivity index (χ0) is 7.40. The van der Waals surface area contributed by atoms with Crippen LogP contribution < -0.4 is 0 Å². The molecule has 0 radical (unpaired) electrons. The van der Waals surface area contributed by atoms with Crippen molar-refractivity contribution in [3.05, 3.63) is 0 Å².